The molecule has 1 unspecified atom stereocenters. The SMILES string of the molecule is CCN(CC)C(C)(CC)C(=O)c1ccc(C(C)C)cc1. The molecule has 20 heavy (non-hydrogen) atoms. The maximum absolute atomic E-state index is 12.9. The van der Waals surface area contributed by atoms with Crippen molar-refractivity contribution in [3.63, 3.8) is 0 Å². The minimum Gasteiger partial charge on any atom is -0.292 e. The van der Waals surface area contributed by atoms with Gasteiger partial charge in [0.1, 0.15) is 0 Å². The van der Waals surface area contributed by atoms with Gasteiger partial charge in [-0.15, -0.1) is 0 Å². The Morgan fingerprint density at radius 2 is 1.60 bits per heavy atom. The highest BCUT2D eigenvalue weighted by molar-refractivity contribution is 6.03. The van der Waals surface area contributed by atoms with E-state index in [0.29, 0.717) is 5.92 Å². The number of Topliss-reactive ketones (excluding diaryl/α,β-unsaturated/α-hetero) is 1. The summed E-state index contributed by atoms with van der Waals surface area (Å²) in [4.78, 5) is 15.2. The number of hydrogen-bond acceptors (Lipinski definition) is 2. The van der Waals surface area contributed by atoms with Crippen LogP contribution in [0, 0.1) is 0 Å². The second kappa shape index (κ2) is 7.03. The molecule has 0 fully saturated rings. The standard InChI is InChI=1S/C18H29NO/c1-7-18(6,19(8-2)9-3)17(20)16-12-10-15(11-13-16)14(4)5/h10-14H,7-9H2,1-6H3. The fourth-order valence-electron chi connectivity index (χ4n) is 2.78. The molecule has 0 aliphatic heterocycles. The van der Waals surface area contributed by atoms with E-state index >= 15 is 0 Å². The Kier molecular flexibility index (Phi) is 5.94. The predicted octanol–water partition coefficient (Wildman–Crippen LogP) is 4.50. The number of nitrogens with zero attached hydrogens (tertiary/aromatic N) is 1. The molecule has 1 atom stereocenters. The highest BCUT2D eigenvalue weighted by Crippen LogP contribution is 2.25. The molecule has 0 spiro atoms. The Balaban J connectivity index is 3.07. The maximum Gasteiger partial charge on any atom is 0.182 e. The highest BCUT2D eigenvalue weighted by atomic mass is 16.1. The van der Waals surface area contributed by atoms with Crippen LogP contribution in [-0.2, 0) is 0 Å². The lowest BCUT2D eigenvalue weighted by Crippen LogP contribution is -2.51. The Bertz CT molecular complexity index is 431. The zero-order valence-corrected chi connectivity index (χ0v) is 13.9. The van der Waals surface area contributed by atoms with Gasteiger partial charge in [0.15, 0.2) is 5.78 Å². The highest BCUT2D eigenvalue weighted by Gasteiger charge is 2.36. The Hall–Kier alpha value is -1.15. The van der Waals surface area contributed by atoms with E-state index in [1.165, 1.54) is 5.56 Å². The van der Waals surface area contributed by atoms with Gasteiger partial charge in [-0.1, -0.05) is 58.9 Å². The number of carbonyl (C=O) groups excluding carboxylic acids is 1. The number of benzene rings is 1. The zero-order valence-electron chi connectivity index (χ0n) is 13.9. The summed E-state index contributed by atoms with van der Waals surface area (Å²) in [7, 11) is 0. The van der Waals surface area contributed by atoms with Crippen molar-refractivity contribution < 1.29 is 4.79 Å². The average molecular weight is 275 g/mol. The summed E-state index contributed by atoms with van der Waals surface area (Å²) in [5.74, 6) is 0.735. The van der Waals surface area contributed by atoms with Crippen molar-refractivity contribution in [1.82, 2.24) is 4.90 Å². The van der Waals surface area contributed by atoms with E-state index in [0.717, 1.165) is 25.1 Å². The van der Waals surface area contributed by atoms with E-state index < -0.39 is 5.54 Å². The van der Waals surface area contributed by atoms with Crippen LogP contribution in [0.3, 0.4) is 0 Å². The predicted molar refractivity (Wildman–Crippen MR) is 86.5 cm³/mol. The van der Waals surface area contributed by atoms with Crippen molar-refractivity contribution in [3.05, 3.63) is 35.4 Å². The Labute approximate surface area is 124 Å². The van der Waals surface area contributed by atoms with Crippen molar-refractivity contribution in [1.29, 1.82) is 0 Å². The molecule has 0 heterocycles. The van der Waals surface area contributed by atoms with Crippen molar-refractivity contribution in [2.75, 3.05) is 13.1 Å². The van der Waals surface area contributed by atoms with Crippen LogP contribution in [0.1, 0.15) is 69.8 Å². The molecule has 0 amide bonds. The first-order valence-corrected chi connectivity index (χ1v) is 7.80. The molecular formula is C18H29NO. The number of carbonyl (C=O) groups is 1. The fourth-order valence-corrected chi connectivity index (χ4v) is 2.78. The largest absolute Gasteiger partial charge is 0.292 e. The van der Waals surface area contributed by atoms with Gasteiger partial charge in [-0.05, 0) is 37.9 Å². The number of likely N-dealkylation sites (N-methyl/N-ethyl adjacent to an activating group) is 1. The van der Waals surface area contributed by atoms with Crippen LogP contribution in [0.4, 0.5) is 0 Å². The molecule has 1 aromatic rings. The van der Waals surface area contributed by atoms with Gasteiger partial charge in [-0.3, -0.25) is 9.69 Å². The summed E-state index contributed by atoms with van der Waals surface area (Å²) < 4.78 is 0. The number of rotatable bonds is 7. The molecule has 1 rings (SSSR count). The fraction of sp³-hybridized carbons (Fsp3) is 0.611. The van der Waals surface area contributed by atoms with Crippen molar-refractivity contribution in [2.24, 2.45) is 0 Å². The van der Waals surface area contributed by atoms with Crippen LogP contribution in [0.25, 0.3) is 0 Å². The first kappa shape index (κ1) is 16.9. The molecular weight excluding hydrogens is 246 g/mol. The summed E-state index contributed by atoms with van der Waals surface area (Å²) in [5.41, 5.74) is 1.70. The van der Waals surface area contributed by atoms with Gasteiger partial charge in [0.05, 0.1) is 5.54 Å². The van der Waals surface area contributed by atoms with E-state index in [4.69, 9.17) is 0 Å². The van der Waals surface area contributed by atoms with Crippen molar-refractivity contribution in [3.8, 4) is 0 Å². The van der Waals surface area contributed by atoms with E-state index in [9.17, 15) is 4.79 Å². The van der Waals surface area contributed by atoms with Gasteiger partial charge < -0.3 is 0 Å². The van der Waals surface area contributed by atoms with E-state index in [1.54, 1.807) is 0 Å². The van der Waals surface area contributed by atoms with Gasteiger partial charge in [-0.25, -0.2) is 0 Å². The Morgan fingerprint density at radius 1 is 1.10 bits per heavy atom. The molecule has 0 saturated heterocycles. The topological polar surface area (TPSA) is 20.3 Å². The summed E-state index contributed by atoms with van der Waals surface area (Å²) in [6.45, 7) is 14.5. The molecule has 0 saturated carbocycles. The Morgan fingerprint density at radius 3 is 1.95 bits per heavy atom. The quantitative estimate of drug-likeness (QED) is 0.683. The third-order valence-corrected chi connectivity index (χ3v) is 4.48. The van der Waals surface area contributed by atoms with Gasteiger partial charge in [0.2, 0.25) is 0 Å². The molecule has 0 aliphatic rings. The molecule has 0 bridgehead atoms. The lowest BCUT2D eigenvalue weighted by Gasteiger charge is -2.38. The van der Waals surface area contributed by atoms with E-state index in [2.05, 4.69) is 58.6 Å². The van der Waals surface area contributed by atoms with Crippen molar-refractivity contribution in [2.45, 2.75) is 59.4 Å². The molecule has 2 heteroatoms. The monoisotopic (exact) mass is 275 g/mol. The van der Waals surface area contributed by atoms with Crippen molar-refractivity contribution >= 4 is 5.78 Å². The molecule has 2 nitrogen and oxygen atoms in total. The third kappa shape index (κ3) is 3.29. The first-order valence-electron chi connectivity index (χ1n) is 7.80. The second-order valence-corrected chi connectivity index (χ2v) is 5.91. The van der Waals surface area contributed by atoms with Gasteiger partial charge in [0, 0.05) is 5.56 Å². The van der Waals surface area contributed by atoms with E-state index in [-0.39, 0.29) is 5.78 Å². The number of ketones is 1. The molecule has 0 aromatic heterocycles. The first-order chi connectivity index (χ1) is 9.40. The number of hydrogen-bond donors (Lipinski definition) is 0. The van der Waals surface area contributed by atoms with Gasteiger partial charge in [-0.2, -0.15) is 0 Å². The van der Waals surface area contributed by atoms with Crippen LogP contribution in [-0.4, -0.2) is 29.3 Å². The molecule has 112 valence electrons. The minimum atomic E-state index is -0.400. The third-order valence-electron chi connectivity index (χ3n) is 4.48. The van der Waals surface area contributed by atoms with Gasteiger partial charge in [0.25, 0.3) is 0 Å². The molecule has 0 aliphatic carbocycles. The average Bonchev–Trinajstić information content (AvgIpc) is 2.47. The summed E-state index contributed by atoms with van der Waals surface area (Å²) in [6, 6.07) is 8.12. The van der Waals surface area contributed by atoms with Crippen LogP contribution >= 0.6 is 0 Å². The van der Waals surface area contributed by atoms with Crippen LogP contribution in [0.5, 0.6) is 0 Å². The zero-order chi connectivity index (χ0) is 15.3. The smallest absolute Gasteiger partial charge is 0.182 e. The lowest BCUT2D eigenvalue weighted by molar-refractivity contribution is 0.0608. The molecule has 0 radical (unpaired) electrons. The maximum atomic E-state index is 12.9. The van der Waals surface area contributed by atoms with Crippen LogP contribution < -0.4 is 0 Å². The van der Waals surface area contributed by atoms with Crippen LogP contribution in [0.2, 0.25) is 0 Å². The van der Waals surface area contributed by atoms with Gasteiger partial charge >= 0.3 is 0 Å². The normalized spacial score (nSPS) is 14.6. The summed E-state index contributed by atoms with van der Waals surface area (Å²) in [5, 5.41) is 0. The van der Waals surface area contributed by atoms with Crippen LogP contribution in [0.15, 0.2) is 24.3 Å². The molecule has 1 aromatic carbocycles. The minimum absolute atomic E-state index is 0.235. The second-order valence-electron chi connectivity index (χ2n) is 5.91. The lowest BCUT2D eigenvalue weighted by atomic mass is 9.86. The van der Waals surface area contributed by atoms with E-state index in [1.807, 2.05) is 12.1 Å². The summed E-state index contributed by atoms with van der Waals surface area (Å²) >= 11 is 0. The molecule has 0 N–H and O–H groups in total. The summed E-state index contributed by atoms with van der Waals surface area (Å²) in [6.07, 6.45) is 0.833.